The number of rotatable bonds is 3. The Morgan fingerprint density at radius 2 is 1.90 bits per heavy atom. The molecule has 110 valence electrons. The molecule has 1 aromatic heterocycles. The highest BCUT2D eigenvalue weighted by Gasteiger charge is 2.18. The van der Waals surface area contributed by atoms with E-state index >= 15 is 0 Å². The topological polar surface area (TPSA) is 62.2 Å². The van der Waals surface area contributed by atoms with Crippen LogP contribution in [0.1, 0.15) is 21.6 Å². The summed E-state index contributed by atoms with van der Waals surface area (Å²) in [6, 6.07) is 3.50. The summed E-state index contributed by atoms with van der Waals surface area (Å²) in [5.41, 5.74) is 0.785. The molecule has 0 atom stereocenters. The number of carbonyl (C=O) groups is 1. The van der Waals surface area contributed by atoms with Crippen molar-refractivity contribution in [1.82, 2.24) is 4.98 Å². The molecule has 0 aliphatic carbocycles. The van der Waals surface area contributed by atoms with Gasteiger partial charge in [0.15, 0.2) is 0 Å². The Labute approximate surface area is 128 Å². The molecular formula is C14H11BrF2N2O2. The molecule has 1 heterocycles. The molecule has 0 unspecified atom stereocenters. The molecule has 0 spiro atoms. The normalized spacial score (nSPS) is 10.5. The number of nitrogens with one attached hydrogen (secondary N) is 1. The third kappa shape index (κ3) is 3.18. The first-order chi connectivity index (χ1) is 9.79. The molecule has 1 aromatic carbocycles. The first-order valence-electron chi connectivity index (χ1n) is 5.92. The summed E-state index contributed by atoms with van der Waals surface area (Å²) in [4.78, 5) is 15.3. The molecule has 0 amide bonds. The number of nitrogens with zero attached hydrogens (tertiary/aromatic N) is 1. The van der Waals surface area contributed by atoms with E-state index < -0.39 is 17.6 Å². The molecule has 0 radical (unpaired) electrons. The number of benzene rings is 1. The number of carboxylic acids is 1. The van der Waals surface area contributed by atoms with Crippen molar-refractivity contribution in [2.24, 2.45) is 0 Å². The molecule has 2 N–H and O–H groups in total. The van der Waals surface area contributed by atoms with E-state index in [1.165, 1.54) is 0 Å². The van der Waals surface area contributed by atoms with Gasteiger partial charge in [-0.3, -0.25) is 0 Å². The molecule has 0 saturated heterocycles. The van der Waals surface area contributed by atoms with Crippen molar-refractivity contribution in [3.63, 3.8) is 0 Å². The summed E-state index contributed by atoms with van der Waals surface area (Å²) in [6.45, 7) is 3.30. The van der Waals surface area contributed by atoms with Crippen LogP contribution >= 0.6 is 15.9 Å². The molecule has 2 aromatic rings. The molecule has 0 saturated carbocycles. The van der Waals surface area contributed by atoms with Gasteiger partial charge in [-0.2, -0.15) is 0 Å². The predicted octanol–water partition coefficient (Wildman–Crippen LogP) is 4.18. The van der Waals surface area contributed by atoms with Gasteiger partial charge >= 0.3 is 5.97 Å². The second-order valence-electron chi connectivity index (χ2n) is 4.48. The quantitative estimate of drug-likeness (QED) is 0.809. The zero-order valence-electron chi connectivity index (χ0n) is 11.2. The van der Waals surface area contributed by atoms with Crippen molar-refractivity contribution in [3.8, 4) is 0 Å². The Morgan fingerprint density at radius 3 is 2.52 bits per heavy atom. The number of hydrogen-bond acceptors (Lipinski definition) is 3. The van der Waals surface area contributed by atoms with Gasteiger partial charge in [-0.05, 0) is 47.5 Å². The maximum absolute atomic E-state index is 13.8. The third-order valence-corrected chi connectivity index (χ3v) is 3.43. The van der Waals surface area contributed by atoms with Crippen LogP contribution in [0.3, 0.4) is 0 Å². The standard InChI is InChI=1S/C14H11BrF2N2O2/c1-6-3-7(2)18-13(12(6)14(20)21)19-11-5-9(16)8(15)4-10(11)17/h3-5H,1-2H3,(H,18,19)(H,20,21). The highest BCUT2D eigenvalue weighted by Crippen LogP contribution is 2.28. The van der Waals surface area contributed by atoms with Gasteiger partial charge in [0.25, 0.3) is 0 Å². The van der Waals surface area contributed by atoms with Gasteiger partial charge in [0, 0.05) is 11.8 Å². The summed E-state index contributed by atoms with van der Waals surface area (Å²) >= 11 is 2.87. The first-order valence-corrected chi connectivity index (χ1v) is 6.72. The molecule has 0 fully saturated rings. The molecular weight excluding hydrogens is 346 g/mol. The van der Waals surface area contributed by atoms with Crippen LogP contribution in [0.5, 0.6) is 0 Å². The van der Waals surface area contributed by atoms with Crippen LogP contribution < -0.4 is 5.32 Å². The third-order valence-electron chi connectivity index (χ3n) is 2.82. The fraction of sp³-hybridized carbons (Fsp3) is 0.143. The number of halogens is 3. The molecule has 7 heteroatoms. The highest BCUT2D eigenvalue weighted by molar-refractivity contribution is 9.10. The number of aromatic carboxylic acids is 1. The van der Waals surface area contributed by atoms with Crippen molar-refractivity contribution in [3.05, 3.63) is 51.1 Å². The van der Waals surface area contributed by atoms with Gasteiger partial charge in [0.1, 0.15) is 23.0 Å². The largest absolute Gasteiger partial charge is 0.478 e. The fourth-order valence-corrected chi connectivity index (χ4v) is 2.26. The smallest absolute Gasteiger partial charge is 0.339 e. The SMILES string of the molecule is Cc1cc(C)c(C(=O)O)c(Nc2cc(F)c(Br)cc2F)n1. The lowest BCUT2D eigenvalue weighted by atomic mass is 10.1. The number of pyridine rings is 1. The van der Waals surface area contributed by atoms with Crippen LogP contribution in [0, 0.1) is 25.5 Å². The lowest BCUT2D eigenvalue weighted by Gasteiger charge is -2.13. The monoisotopic (exact) mass is 356 g/mol. The molecule has 0 aliphatic heterocycles. The maximum Gasteiger partial charge on any atom is 0.339 e. The number of anilines is 2. The summed E-state index contributed by atoms with van der Waals surface area (Å²) in [6.07, 6.45) is 0. The Balaban J connectivity index is 2.54. The van der Waals surface area contributed by atoms with E-state index in [0.29, 0.717) is 11.3 Å². The summed E-state index contributed by atoms with van der Waals surface area (Å²) in [5, 5.41) is 11.8. The lowest BCUT2D eigenvalue weighted by molar-refractivity contribution is 0.0697. The number of aromatic nitrogens is 1. The zero-order chi connectivity index (χ0) is 15.7. The van der Waals surface area contributed by atoms with E-state index in [9.17, 15) is 18.7 Å². The van der Waals surface area contributed by atoms with E-state index in [2.05, 4.69) is 26.2 Å². The minimum Gasteiger partial charge on any atom is -0.478 e. The van der Waals surface area contributed by atoms with E-state index in [1.54, 1.807) is 19.9 Å². The number of aryl methyl sites for hydroxylation is 2. The zero-order valence-corrected chi connectivity index (χ0v) is 12.8. The van der Waals surface area contributed by atoms with Crippen molar-refractivity contribution in [2.75, 3.05) is 5.32 Å². The van der Waals surface area contributed by atoms with Crippen LogP contribution in [0.15, 0.2) is 22.7 Å². The van der Waals surface area contributed by atoms with E-state index in [0.717, 1.165) is 12.1 Å². The summed E-state index contributed by atoms with van der Waals surface area (Å²) in [5.74, 6) is -2.61. The Hall–Kier alpha value is -2.02. The van der Waals surface area contributed by atoms with Gasteiger partial charge in [0.05, 0.1) is 10.2 Å². The minimum absolute atomic E-state index is 0.0163. The Bertz CT molecular complexity index is 735. The molecule has 0 bridgehead atoms. The number of carboxylic acid groups (broad SMARTS) is 1. The molecule has 0 aliphatic rings. The number of hydrogen-bond donors (Lipinski definition) is 2. The van der Waals surface area contributed by atoms with Crippen molar-refractivity contribution < 1.29 is 18.7 Å². The van der Waals surface area contributed by atoms with Crippen molar-refractivity contribution in [1.29, 1.82) is 0 Å². The highest BCUT2D eigenvalue weighted by atomic mass is 79.9. The lowest BCUT2D eigenvalue weighted by Crippen LogP contribution is -2.09. The van der Waals surface area contributed by atoms with Crippen LogP contribution in [-0.4, -0.2) is 16.1 Å². The first kappa shape index (κ1) is 15.4. The van der Waals surface area contributed by atoms with E-state index in [-0.39, 0.29) is 21.5 Å². The van der Waals surface area contributed by atoms with Crippen molar-refractivity contribution in [2.45, 2.75) is 13.8 Å². The average molecular weight is 357 g/mol. The fourth-order valence-electron chi connectivity index (χ4n) is 1.94. The van der Waals surface area contributed by atoms with E-state index in [4.69, 9.17) is 0 Å². The molecule has 2 rings (SSSR count). The Morgan fingerprint density at radius 1 is 1.24 bits per heavy atom. The van der Waals surface area contributed by atoms with Gasteiger partial charge in [-0.25, -0.2) is 18.6 Å². The van der Waals surface area contributed by atoms with Gasteiger partial charge in [0.2, 0.25) is 0 Å². The summed E-state index contributed by atoms with van der Waals surface area (Å²) in [7, 11) is 0. The maximum atomic E-state index is 13.8. The van der Waals surface area contributed by atoms with Gasteiger partial charge < -0.3 is 10.4 Å². The van der Waals surface area contributed by atoms with Crippen LogP contribution in [0.25, 0.3) is 0 Å². The van der Waals surface area contributed by atoms with Crippen molar-refractivity contribution >= 4 is 33.4 Å². The Kier molecular flexibility index (Phi) is 4.22. The predicted molar refractivity (Wildman–Crippen MR) is 78.0 cm³/mol. The second kappa shape index (κ2) is 5.77. The van der Waals surface area contributed by atoms with Crippen LogP contribution in [-0.2, 0) is 0 Å². The summed E-state index contributed by atoms with van der Waals surface area (Å²) < 4.78 is 27.3. The van der Waals surface area contributed by atoms with Crippen LogP contribution in [0.4, 0.5) is 20.3 Å². The minimum atomic E-state index is -1.19. The molecule has 21 heavy (non-hydrogen) atoms. The second-order valence-corrected chi connectivity index (χ2v) is 5.33. The average Bonchev–Trinajstić information content (AvgIpc) is 2.34. The van der Waals surface area contributed by atoms with Gasteiger partial charge in [-0.1, -0.05) is 0 Å². The van der Waals surface area contributed by atoms with E-state index in [1.807, 2.05) is 0 Å². The molecule has 4 nitrogen and oxygen atoms in total. The van der Waals surface area contributed by atoms with Crippen LogP contribution in [0.2, 0.25) is 0 Å². The van der Waals surface area contributed by atoms with Gasteiger partial charge in [-0.15, -0.1) is 0 Å².